The fraction of sp³-hybridized carbons (Fsp3) is 0.179. The van der Waals surface area contributed by atoms with Gasteiger partial charge in [0.1, 0.15) is 12.4 Å². The molecule has 176 valence electrons. The number of pyridine rings is 1. The average molecular weight is 470 g/mol. The van der Waals surface area contributed by atoms with E-state index in [4.69, 9.17) is 4.74 Å². The lowest BCUT2D eigenvalue weighted by molar-refractivity contribution is -0.117. The number of amides is 2. The quantitative estimate of drug-likeness (QED) is 0.372. The first kappa shape index (κ1) is 22.5. The topological polar surface area (TPSA) is 80.3 Å². The Hall–Kier alpha value is -4.26. The summed E-state index contributed by atoms with van der Waals surface area (Å²) in [6, 6.07) is 21.5. The molecule has 1 fully saturated rings. The zero-order valence-corrected chi connectivity index (χ0v) is 18.9. The molecule has 0 bridgehead atoms. The van der Waals surface area contributed by atoms with E-state index in [2.05, 4.69) is 15.6 Å². The highest BCUT2D eigenvalue weighted by Crippen LogP contribution is 2.48. The van der Waals surface area contributed by atoms with Crippen LogP contribution < -0.4 is 10.6 Å². The zero-order valence-electron chi connectivity index (χ0n) is 18.9. The SMILES string of the molecule is O=C(NCc1cccc(F)c1)OCc1ccc(C2CC2C(=O)Nc2ccc3cnccc3c2)cc1. The van der Waals surface area contributed by atoms with Crippen molar-refractivity contribution in [3.8, 4) is 0 Å². The number of aromatic nitrogens is 1. The monoisotopic (exact) mass is 469 g/mol. The van der Waals surface area contributed by atoms with Gasteiger partial charge in [-0.1, -0.05) is 42.5 Å². The summed E-state index contributed by atoms with van der Waals surface area (Å²) < 4.78 is 18.4. The number of fused-ring (bicyclic) bond motifs is 1. The molecule has 7 heteroatoms. The van der Waals surface area contributed by atoms with Crippen LogP contribution in [-0.4, -0.2) is 17.0 Å². The number of carbonyl (C=O) groups is 2. The molecule has 5 rings (SSSR count). The minimum atomic E-state index is -0.567. The van der Waals surface area contributed by atoms with Crippen molar-refractivity contribution in [1.82, 2.24) is 10.3 Å². The lowest BCUT2D eigenvalue weighted by Gasteiger charge is -2.09. The normalized spacial score (nSPS) is 16.5. The Morgan fingerprint density at radius 3 is 2.66 bits per heavy atom. The standard InChI is InChI=1S/C28H24FN3O3/c29-23-3-1-2-19(12-23)15-31-28(34)35-17-18-4-6-20(7-5-18)25-14-26(25)27(33)32-24-9-8-22-16-30-11-10-21(22)13-24/h1-13,16,25-26H,14-15,17H2,(H,31,34)(H,32,33). The van der Waals surface area contributed by atoms with Crippen LogP contribution in [0, 0.1) is 11.7 Å². The third-order valence-corrected chi connectivity index (χ3v) is 6.14. The van der Waals surface area contributed by atoms with E-state index < -0.39 is 6.09 Å². The molecule has 3 aromatic carbocycles. The highest BCUT2D eigenvalue weighted by molar-refractivity contribution is 5.97. The van der Waals surface area contributed by atoms with Gasteiger partial charge in [-0.15, -0.1) is 0 Å². The van der Waals surface area contributed by atoms with Crippen molar-refractivity contribution in [1.29, 1.82) is 0 Å². The highest BCUT2D eigenvalue weighted by Gasteiger charge is 2.43. The van der Waals surface area contributed by atoms with Gasteiger partial charge in [0.05, 0.1) is 0 Å². The third kappa shape index (κ3) is 5.63. The van der Waals surface area contributed by atoms with Crippen LogP contribution in [0.25, 0.3) is 10.8 Å². The molecular weight excluding hydrogens is 445 g/mol. The number of hydrogen-bond acceptors (Lipinski definition) is 4. The lowest BCUT2D eigenvalue weighted by atomic mass is 10.1. The molecule has 1 aromatic heterocycles. The van der Waals surface area contributed by atoms with Crippen molar-refractivity contribution in [2.45, 2.75) is 25.5 Å². The molecule has 1 aliphatic rings. The number of halogens is 1. The number of hydrogen-bond donors (Lipinski definition) is 2. The van der Waals surface area contributed by atoms with Gasteiger partial charge in [0.25, 0.3) is 0 Å². The second-order valence-electron chi connectivity index (χ2n) is 8.68. The zero-order chi connectivity index (χ0) is 24.2. The third-order valence-electron chi connectivity index (χ3n) is 6.14. The molecule has 6 nitrogen and oxygen atoms in total. The Kier molecular flexibility index (Phi) is 6.39. The smallest absolute Gasteiger partial charge is 0.407 e. The molecule has 2 amide bonds. The van der Waals surface area contributed by atoms with E-state index in [1.54, 1.807) is 24.5 Å². The number of anilines is 1. The van der Waals surface area contributed by atoms with Gasteiger partial charge in [-0.05, 0) is 64.7 Å². The van der Waals surface area contributed by atoms with E-state index in [-0.39, 0.29) is 36.7 Å². The Morgan fingerprint density at radius 2 is 1.83 bits per heavy atom. The molecule has 0 aliphatic heterocycles. The first-order chi connectivity index (χ1) is 17.0. The molecule has 2 unspecified atom stereocenters. The van der Waals surface area contributed by atoms with Crippen LogP contribution in [0.2, 0.25) is 0 Å². The van der Waals surface area contributed by atoms with Crippen LogP contribution in [0.4, 0.5) is 14.9 Å². The summed E-state index contributed by atoms with van der Waals surface area (Å²) in [6.07, 6.45) is 3.77. The van der Waals surface area contributed by atoms with Gasteiger partial charge in [-0.3, -0.25) is 9.78 Å². The maximum atomic E-state index is 13.2. The summed E-state index contributed by atoms with van der Waals surface area (Å²) in [5.41, 5.74) is 3.38. The fourth-order valence-electron chi connectivity index (χ4n) is 4.13. The first-order valence-electron chi connectivity index (χ1n) is 11.4. The molecule has 0 radical (unpaired) electrons. The fourth-order valence-corrected chi connectivity index (χ4v) is 4.13. The molecule has 2 atom stereocenters. The summed E-state index contributed by atoms with van der Waals surface area (Å²) in [4.78, 5) is 28.7. The van der Waals surface area contributed by atoms with Gasteiger partial charge in [0.2, 0.25) is 5.91 Å². The van der Waals surface area contributed by atoms with Crippen LogP contribution >= 0.6 is 0 Å². The van der Waals surface area contributed by atoms with Gasteiger partial charge < -0.3 is 15.4 Å². The van der Waals surface area contributed by atoms with Crippen molar-refractivity contribution in [2.24, 2.45) is 5.92 Å². The Bertz CT molecular complexity index is 1370. The van der Waals surface area contributed by atoms with Crippen LogP contribution in [0.3, 0.4) is 0 Å². The Morgan fingerprint density at radius 1 is 0.971 bits per heavy atom. The van der Waals surface area contributed by atoms with Gasteiger partial charge in [-0.2, -0.15) is 0 Å². The molecule has 1 heterocycles. The van der Waals surface area contributed by atoms with Gasteiger partial charge in [-0.25, -0.2) is 9.18 Å². The van der Waals surface area contributed by atoms with Crippen LogP contribution in [0.15, 0.2) is 85.2 Å². The van der Waals surface area contributed by atoms with E-state index in [0.29, 0.717) is 5.56 Å². The van der Waals surface area contributed by atoms with Crippen LogP contribution in [0.5, 0.6) is 0 Å². The second kappa shape index (κ2) is 9.93. The van der Waals surface area contributed by atoms with Crippen molar-refractivity contribution in [3.63, 3.8) is 0 Å². The van der Waals surface area contributed by atoms with Crippen molar-refractivity contribution < 1.29 is 18.7 Å². The molecule has 35 heavy (non-hydrogen) atoms. The van der Waals surface area contributed by atoms with Gasteiger partial charge in [0, 0.05) is 35.9 Å². The first-order valence-corrected chi connectivity index (χ1v) is 11.4. The molecule has 2 N–H and O–H groups in total. The molecule has 4 aromatic rings. The molecule has 0 spiro atoms. The lowest BCUT2D eigenvalue weighted by Crippen LogP contribution is -2.23. The number of carbonyl (C=O) groups excluding carboxylic acids is 2. The largest absolute Gasteiger partial charge is 0.445 e. The average Bonchev–Trinajstić information content (AvgIpc) is 3.68. The molecular formula is C28H24FN3O3. The minimum Gasteiger partial charge on any atom is -0.445 e. The predicted molar refractivity (Wildman–Crippen MR) is 131 cm³/mol. The summed E-state index contributed by atoms with van der Waals surface area (Å²) in [5, 5.41) is 7.69. The predicted octanol–water partition coefficient (Wildman–Crippen LogP) is 5.54. The summed E-state index contributed by atoms with van der Waals surface area (Å²) in [7, 11) is 0. The highest BCUT2D eigenvalue weighted by atomic mass is 19.1. The van der Waals surface area contributed by atoms with Crippen molar-refractivity contribution in [2.75, 3.05) is 5.32 Å². The van der Waals surface area contributed by atoms with Gasteiger partial charge >= 0.3 is 6.09 Å². The summed E-state index contributed by atoms with van der Waals surface area (Å²) >= 11 is 0. The molecule has 0 saturated heterocycles. The van der Waals surface area contributed by atoms with E-state index in [0.717, 1.165) is 34.0 Å². The second-order valence-corrected chi connectivity index (χ2v) is 8.68. The number of nitrogens with zero attached hydrogens (tertiary/aromatic N) is 1. The minimum absolute atomic E-state index is 0.0192. The number of alkyl carbamates (subject to hydrolysis) is 1. The number of benzene rings is 3. The van der Waals surface area contributed by atoms with Crippen LogP contribution in [0.1, 0.15) is 29.0 Å². The maximum absolute atomic E-state index is 13.2. The Labute approximate surface area is 202 Å². The summed E-state index contributed by atoms with van der Waals surface area (Å²) in [5.74, 6) is -0.201. The summed E-state index contributed by atoms with van der Waals surface area (Å²) in [6.45, 7) is 0.318. The van der Waals surface area contributed by atoms with Crippen LogP contribution in [-0.2, 0) is 22.7 Å². The molecule has 1 saturated carbocycles. The van der Waals surface area contributed by atoms with E-state index in [1.807, 2.05) is 48.5 Å². The van der Waals surface area contributed by atoms with E-state index >= 15 is 0 Å². The number of ether oxygens (including phenoxy) is 1. The van der Waals surface area contributed by atoms with Gasteiger partial charge in [0.15, 0.2) is 0 Å². The maximum Gasteiger partial charge on any atom is 0.407 e. The number of nitrogens with one attached hydrogen (secondary N) is 2. The van der Waals surface area contributed by atoms with E-state index in [9.17, 15) is 14.0 Å². The van der Waals surface area contributed by atoms with Crippen molar-refractivity contribution in [3.05, 3.63) is 108 Å². The molecule has 1 aliphatic carbocycles. The van der Waals surface area contributed by atoms with Crippen molar-refractivity contribution >= 4 is 28.5 Å². The Balaban J connectivity index is 1.09. The van der Waals surface area contributed by atoms with E-state index in [1.165, 1.54) is 12.1 Å². The number of rotatable bonds is 7.